The van der Waals surface area contributed by atoms with Crippen molar-refractivity contribution in [3.05, 3.63) is 0 Å². The first kappa shape index (κ1) is 18.2. The monoisotopic (exact) mass is 328 g/mol. The maximum Gasteiger partial charge on any atom is 0.222 e. The highest BCUT2D eigenvalue weighted by atomic mass is 16.5. The van der Waals surface area contributed by atoms with E-state index in [4.69, 9.17) is 9.47 Å². The van der Waals surface area contributed by atoms with E-state index < -0.39 is 6.10 Å². The number of hydrogen-bond acceptors (Lipinski definition) is 5. The van der Waals surface area contributed by atoms with Gasteiger partial charge in [-0.1, -0.05) is 6.92 Å². The molecule has 2 N–H and O–H groups in total. The van der Waals surface area contributed by atoms with Crippen molar-refractivity contribution >= 4 is 11.8 Å². The van der Waals surface area contributed by atoms with Crippen molar-refractivity contribution in [1.29, 1.82) is 0 Å². The number of carbonyl (C=O) groups is 2. The molecule has 7 heteroatoms. The van der Waals surface area contributed by atoms with Gasteiger partial charge in [0.15, 0.2) is 0 Å². The van der Waals surface area contributed by atoms with Crippen molar-refractivity contribution in [2.24, 2.45) is 0 Å². The van der Waals surface area contributed by atoms with Gasteiger partial charge in [-0.25, -0.2) is 0 Å². The van der Waals surface area contributed by atoms with E-state index in [9.17, 15) is 14.7 Å². The maximum atomic E-state index is 12.2. The molecular weight excluding hydrogens is 300 g/mol. The molecule has 0 aliphatic carbocycles. The number of hydrogen-bond donors (Lipinski definition) is 2. The van der Waals surface area contributed by atoms with E-state index in [-0.39, 0.29) is 43.2 Å². The summed E-state index contributed by atoms with van der Waals surface area (Å²) in [5.41, 5.74) is 0. The van der Waals surface area contributed by atoms with Crippen molar-refractivity contribution in [1.82, 2.24) is 10.2 Å². The van der Waals surface area contributed by atoms with Gasteiger partial charge in [0, 0.05) is 19.5 Å². The summed E-state index contributed by atoms with van der Waals surface area (Å²) in [4.78, 5) is 25.7. The summed E-state index contributed by atoms with van der Waals surface area (Å²) in [6.07, 6.45) is 1.17. The number of nitrogens with zero attached hydrogens (tertiary/aromatic N) is 1. The molecule has 0 aromatic carbocycles. The van der Waals surface area contributed by atoms with E-state index in [0.29, 0.717) is 26.0 Å². The number of fused-ring (bicyclic) bond motifs is 1. The summed E-state index contributed by atoms with van der Waals surface area (Å²) in [7, 11) is 0. The fourth-order valence-corrected chi connectivity index (χ4v) is 3.31. The predicted molar refractivity (Wildman–Crippen MR) is 83.8 cm³/mol. The molecule has 2 amide bonds. The first-order chi connectivity index (χ1) is 11.0. The topological polar surface area (TPSA) is 88.1 Å². The molecule has 2 rings (SSSR count). The largest absolute Gasteiger partial charge is 0.389 e. The summed E-state index contributed by atoms with van der Waals surface area (Å²) in [6.45, 7) is 5.12. The molecule has 2 heterocycles. The summed E-state index contributed by atoms with van der Waals surface area (Å²) in [5, 5.41) is 12.7. The fourth-order valence-electron chi connectivity index (χ4n) is 3.31. The molecule has 0 aromatic rings. The highest BCUT2D eigenvalue weighted by Gasteiger charge is 2.39. The van der Waals surface area contributed by atoms with Gasteiger partial charge in [0.25, 0.3) is 0 Å². The molecule has 0 aromatic heterocycles. The standard InChI is InChI=1S/C16H28N2O5/c1-3-16(21)18-8-11(19)9-22-10-14-13(18)6-5-12(23-14)7-15(20)17-4-2/h11-14,19H,3-10H2,1-2H3,(H,17,20)/t11-,12-,13+,14-/m0/s1. The van der Waals surface area contributed by atoms with Crippen LogP contribution >= 0.6 is 0 Å². The fraction of sp³-hybridized carbons (Fsp3) is 0.875. The molecule has 0 spiro atoms. The summed E-state index contributed by atoms with van der Waals surface area (Å²) in [6, 6.07) is -0.0945. The first-order valence-electron chi connectivity index (χ1n) is 8.52. The lowest BCUT2D eigenvalue weighted by molar-refractivity contribution is -0.169. The normalized spacial score (nSPS) is 31.7. The first-order valence-corrected chi connectivity index (χ1v) is 8.52. The van der Waals surface area contributed by atoms with Crippen LogP contribution in [0.25, 0.3) is 0 Å². The van der Waals surface area contributed by atoms with Crippen LogP contribution < -0.4 is 5.32 Å². The van der Waals surface area contributed by atoms with Crippen LogP contribution in [0.4, 0.5) is 0 Å². The zero-order valence-corrected chi connectivity index (χ0v) is 14.0. The van der Waals surface area contributed by atoms with Gasteiger partial charge in [0.2, 0.25) is 11.8 Å². The zero-order chi connectivity index (χ0) is 16.8. The Kier molecular flexibility index (Phi) is 6.80. The maximum absolute atomic E-state index is 12.2. The highest BCUT2D eigenvalue weighted by molar-refractivity contribution is 5.77. The third-order valence-corrected chi connectivity index (χ3v) is 4.39. The van der Waals surface area contributed by atoms with Gasteiger partial charge in [-0.15, -0.1) is 0 Å². The van der Waals surface area contributed by atoms with E-state index in [1.54, 1.807) is 4.90 Å². The van der Waals surface area contributed by atoms with Crippen LogP contribution in [0.1, 0.15) is 39.5 Å². The van der Waals surface area contributed by atoms with Gasteiger partial charge in [0.05, 0.1) is 37.9 Å². The van der Waals surface area contributed by atoms with E-state index >= 15 is 0 Å². The van der Waals surface area contributed by atoms with Crippen molar-refractivity contribution in [2.75, 3.05) is 26.3 Å². The second kappa shape index (κ2) is 8.61. The minimum absolute atomic E-state index is 0.0142. The van der Waals surface area contributed by atoms with Crippen LogP contribution in [-0.4, -0.2) is 72.5 Å². The second-order valence-electron chi connectivity index (χ2n) is 6.19. The number of β-amino-alcohol motifs (C(OH)–C–C–N with tert-alkyl or cyclic N) is 1. The average molecular weight is 328 g/mol. The molecule has 2 aliphatic heterocycles. The molecule has 2 saturated heterocycles. The van der Waals surface area contributed by atoms with E-state index in [1.807, 2.05) is 13.8 Å². The van der Waals surface area contributed by atoms with Gasteiger partial charge in [-0.3, -0.25) is 9.59 Å². The van der Waals surface area contributed by atoms with Crippen molar-refractivity contribution in [2.45, 2.75) is 63.9 Å². The van der Waals surface area contributed by atoms with Crippen LogP contribution in [0.15, 0.2) is 0 Å². The van der Waals surface area contributed by atoms with Crippen LogP contribution in [0.5, 0.6) is 0 Å². The molecule has 0 saturated carbocycles. The molecule has 0 unspecified atom stereocenters. The smallest absolute Gasteiger partial charge is 0.222 e. The number of nitrogens with one attached hydrogen (secondary N) is 1. The number of aliphatic hydroxyl groups excluding tert-OH is 1. The highest BCUT2D eigenvalue weighted by Crippen LogP contribution is 2.28. The Morgan fingerprint density at radius 3 is 2.74 bits per heavy atom. The quantitative estimate of drug-likeness (QED) is 0.762. The van der Waals surface area contributed by atoms with Gasteiger partial charge >= 0.3 is 0 Å². The van der Waals surface area contributed by atoms with Crippen molar-refractivity contribution in [3.63, 3.8) is 0 Å². The van der Waals surface area contributed by atoms with Crippen molar-refractivity contribution < 1.29 is 24.2 Å². The number of amides is 2. The summed E-state index contributed by atoms with van der Waals surface area (Å²) >= 11 is 0. The lowest BCUT2D eigenvalue weighted by Crippen LogP contribution is -2.57. The molecule has 132 valence electrons. The van der Waals surface area contributed by atoms with Crippen LogP contribution in [-0.2, 0) is 19.1 Å². The predicted octanol–water partition coefficient (Wildman–Crippen LogP) is 0.0585. The number of ether oxygens (including phenoxy) is 2. The Bertz CT molecular complexity index is 417. The third-order valence-electron chi connectivity index (χ3n) is 4.39. The number of aliphatic hydroxyl groups is 1. The van der Waals surface area contributed by atoms with Crippen molar-refractivity contribution in [3.8, 4) is 0 Å². The Morgan fingerprint density at radius 1 is 1.26 bits per heavy atom. The molecule has 23 heavy (non-hydrogen) atoms. The van der Waals surface area contributed by atoms with Gasteiger partial charge in [-0.05, 0) is 19.8 Å². The second-order valence-corrected chi connectivity index (χ2v) is 6.19. The minimum atomic E-state index is -0.667. The molecule has 2 fully saturated rings. The molecule has 0 bridgehead atoms. The van der Waals surface area contributed by atoms with E-state index in [0.717, 1.165) is 12.8 Å². The number of rotatable bonds is 4. The average Bonchev–Trinajstić information content (AvgIpc) is 2.51. The Balaban J connectivity index is 2.02. The molecule has 2 aliphatic rings. The Labute approximate surface area is 137 Å². The van der Waals surface area contributed by atoms with E-state index in [1.165, 1.54) is 0 Å². The summed E-state index contributed by atoms with van der Waals surface area (Å²) < 4.78 is 11.5. The van der Waals surface area contributed by atoms with Gasteiger partial charge in [-0.2, -0.15) is 0 Å². The molecular formula is C16H28N2O5. The Hall–Kier alpha value is -1.18. The zero-order valence-electron chi connectivity index (χ0n) is 14.0. The van der Waals surface area contributed by atoms with Crippen LogP contribution in [0.2, 0.25) is 0 Å². The van der Waals surface area contributed by atoms with E-state index in [2.05, 4.69) is 5.32 Å². The van der Waals surface area contributed by atoms with Crippen LogP contribution in [0, 0.1) is 0 Å². The lowest BCUT2D eigenvalue weighted by atomic mass is 9.94. The van der Waals surface area contributed by atoms with Gasteiger partial charge in [0.1, 0.15) is 6.10 Å². The SMILES string of the molecule is CCNC(=O)C[C@@H]1CC[C@@H]2[C@H](COC[C@@H](O)CN2C(=O)CC)O1. The number of carbonyl (C=O) groups excluding carboxylic acids is 2. The lowest BCUT2D eigenvalue weighted by Gasteiger charge is -2.44. The Morgan fingerprint density at radius 2 is 2.04 bits per heavy atom. The molecule has 4 atom stereocenters. The molecule has 7 nitrogen and oxygen atoms in total. The minimum Gasteiger partial charge on any atom is -0.389 e. The summed E-state index contributed by atoms with van der Waals surface area (Å²) in [5.74, 6) is 0.00588. The third kappa shape index (κ3) is 4.89. The van der Waals surface area contributed by atoms with Crippen LogP contribution in [0.3, 0.4) is 0 Å². The van der Waals surface area contributed by atoms with Gasteiger partial charge < -0.3 is 24.8 Å². The molecule has 0 radical (unpaired) electrons.